The number of carbonyl (C=O) groups excluding carboxylic acids is 2. The number of rotatable bonds is 5. The Kier molecular flexibility index (Phi) is 4.50. The van der Waals surface area contributed by atoms with Crippen molar-refractivity contribution in [3.05, 3.63) is 47.5 Å². The van der Waals surface area contributed by atoms with Gasteiger partial charge in [0, 0.05) is 5.56 Å². The van der Waals surface area contributed by atoms with Crippen molar-refractivity contribution in [3.63, 3.8) is 0 Å². The first-order valence-corrected chi connectivity index (χ1v) is 8.79. The summed E-state index contributed by atoms with van der Waals surface area (Å²) in [6.45, 7) is 1.73. The van der Waals surface area contributed by atoms with Crippen molar-refractivity contribution >= 4 is 18.2 Å². The number of amides is 3. The fraction of sp³-hybridized carbons (Fsp3) is 0.250. The fourth-order valence-electron chi connectivity index (χ4n) is 3.20. The molecule has 9 heteroatoms. The smallest absolute Gasteiger partial charge is 0.346 e. The van der Waals surface area contributed by atoms with Crippen LogP contribution in [0.15, 0.2) is 41.5 Å². The number of fused-ring (bicyclic) bond motifs is 1. The highest BCUT2D eigenvalue weighted by atomic mass is 16.7. The number of nitrogens with zero attached hydrogens (tertiary/aromatic N) is 2. The summed E-state index contributed by atoms with van der Waals surface area (Å²) in [4.78, 5) is 25.4. The van der Waals surface area contributed by atoms with Gasteiger partial charge < -0.3 is 24.3 Å². The van der Waals surface area contributed by atoms with Crippen molar-refractivity contribution in [2.75, 3.05) is 21.0 Å². The number of methoxy groups -OCH3 is 2. The van der Waals surface area contributed by atoms with Gasteiger partial charge in [0.1, 0.15) is 11.3 Å². The van der Waals surface area contributed by atoms with Gasteiger partial charge in [0.05, 0.1) is 20.4 Å². The van der Waals surface area contributed by atoms with Gasteiger partial charge in [0.15, 0.2) is 11.5 Å². The summed E-state index contributed by atoms with van der Waals surface area (Å²) in [5, 5.41) is 7.59. The van der Waals surface area contributed by atoms with E-state index in [-0.39, 0.29) is 6.79 Å². The van der Waals surface area contributed by atoms with E-state index in [2.05, 4.69) is 10.4 Å². The highest BCUT2D eigenvalue weighted by molar-refractivity contribution is 6.07. The number of carbonyl (C=O) groups is 2. The SMILES string of the molecule is COc1ccc([C@@]2(C)NC(=O)N(/N=C\c3cc(OC)c4c(c3)OCO4)C2=O)cc1. The van der Waals surface area contributed by atoms with E-state index in [0.29, 0.717) is 34.1 Å². The lowest BCUT2D eigenvalue weighted by molar-refractivity contribution is -0.131. The Morgan fingerprint density at radius 3 is 2.59 bits per heavy atom. The van der Waals surface area contributed by atoms with E-state index in [1.165, 1.54) is 13.3 Å². The number of hydrazone groups is 1. The van der Waals surface area contributed by atoms with Crippen molar-refractivity contribution in [1.29, 1.82) is 0 Å². The summed E-state index contributed by atoms with van der Waals surface area (Å²) in [6, 6.07) is 9.67. The van der Waals surface area contributed by atoms with E-state index < -0.39 is 17.5 Å². The van der Waals surface area contributed by atoms with Crippen LogP contribution < -0.4 is 24.3 Å². The molecule has 0 unspecified atom stereocenters. The van der Waals surface area contributed by atoms with E-state index in [4.69, 9.17) is 18.9 Å². The molecule has 4 rings (SSSR count). The monoisotopic (exact) mass is 397 g/mol. The van der Waals surface area contributed by atoms with Crippen molar-refractivity contribution in [2.24, 2.45) is 5.10 Å². The van der Waals surface area contributed by atoms with Gasteiger partial charge in [-0.1, -0.05) is 12.1 Å². The van der Waals surface area contributed by atoms with E-state index >= 15 is 0 Å². The van der Waals surface area contributed by atoms with Crippen LogP contribution in [-0.2, 0) is 10.3 Å². The van der Waals surface area contributed by atoms with Crippen LogP contribution in [0.3, 0.4) is 0 Å². The molecule has 1 saturated heterocycles. The first kappa shape index (κ1) is 18.6. The van der Waals surface area contributed by atoms with E-state index in [1.54, 1.807) is 50.4 Å². The second-order valence-electron chi connectivity index (χ2n) is 6.60. The summed E-state index contributed by atoms with van der Waals surface area (Å²) >= 11 is 0. The Bertz CT molecular complexity index is 1000. The summed E-state index contributed by atoms with van der Waals surface area (Å²) in [6.07, 6.45) is 1.39. The molecule has 29 heavy (non-hydrogen) atoms. The summed E-state index contributed by atoms with van der Waals surface area (Å²) < 4.78 is 21.1. The molecule has 0 aliphatic carbocycles. The molecule has 1 fully saturated rings. The number of ether oxygens (including phenoxy) is 4. The minimum absolute atomic E-state index is 0.0967. The molecule has 0 bridgehead atoms. The lowest BCUT2D eigenvalue weighted by atomic mass is 9.92. The lowest BCUT2D eigenvalue weighted by Gasteiger charge is -2.21. The normalized spacial score (nSPS) is 20.3. The number of benzene rings is 2. The largest absolute Gasteiger partial charge is 0.497 e. The molecule has 3 amide bonds. The van der Waals surface area contributed by atoms with Gasteiger partial charge in [-0.25, -0.2) is 4.79 Å². The molecule has 9 nitrogen and oxygen atoms in total. The quantitative estimate of drug-likeness (QED) is 0.614. The third kappa shape index (κ3) is 3.10. The standard InChI is InChI=1S/C20H19N3O6/c1-20(13-4-6-14(26-2)7-5-13)18(24)23(19(25)22-20)21-10-12-8-15(27-3)17-16(9-12)28-11-29-17/h4-10H,11H2,1-3H3,(H,22,25)/b21-10-/t20-/m1/s1. The Hall–Kier alpha value is -3.75. The van der Waals surface area contributed by atoms with Crippen LogP contribution in [-0.4, -0.2) is 44.2 Å². The molecule has 2 aliphatic rings. The number of hydrogen-bond donors (Lipinski definition) is 1. The molecule has 2 aliphatic heterocycles. The van der Waals surface area contributed by atoms with Crippen LogP contribution in [0.1, 0.15) is 18.1 Å². The molecule has 2 aromatic carbocycles. The molecule has 0 spiro atoms. The number of hydrogen-bond acceptors (Lipinski definition) is 7. The summed E-state index contributed by atoms with van der Waals surface area (Å²) in [5.41, 5.74) is -0.0170. The molecule has 0 saturated carbocycles. The molecule has 150 valence electrons. The van der Waals surface area contributed by atoms with E-state index in [9.17, 15) is 9.59 Å². The van der Waals surface area contributed by atoms with Crippen LogP contribution in [0.4, 0.5) is 4.79 Å². The molecule has 0 aromatic heterocycles. The van der Waals surface area contributed by atoms with Crippen molar-refractivity contribution in [1.82, 2.24) is 10.3 Å². The maximum Gasteiger partial charge on any atom is 0.346 e. The Balaban J connectivity index is 1.59. The minimum Gasteiger partial charge on any atom is -0.497 e. The average molecular weight is 397 g/mol. The Morgan fingerprint density at radius 2 is 1.90 bits per heavy atom. The third-order valence-corrected chi connectivity index (χ3v) is 4.84. The first-order chi connectivity index (χ1) is 14.0. The highest BCUT2D eigenvalue weighted by Gasteiger charge is 2.49. The zero-order chi connectivity index (χ0) is 20.6. The maximum absolute atomic E-state index is 13.0. The van der Waals surface area contributed by atoms with Crippen LogP contribution in [0, 0.1) is 0 Å². The van der Waals surface area contributed by atoms with Crippen LogP contribution in [0.2, 0.25) is 0 Å². The second-order valence-corrected chi connectivity index (χ2v) is 6.60. The fourth-order valence-corrected chi connectivity index (χ4v) is 3.20. The van der Waals surface area contributed by atoms with Crippen molar-refractivity contribution in [3.8, 4) is 23.0 Å². The topological polar surface area (TPSA) is 98.7 Å². The van der Waals surface area contributed by atoms with Gasteiger partial charge >= 0.3 is 6.03 Å². The van der Waals surface area contributed by atoms with E-state index in [1.807, 2.05) is 0 Å². The molecular weight excluding hydrogens is 378 g/mol. The molecule has 0 radical (unpaired) electrons. The molecule has 2 heterocycles. The highest BCUT2D eigenvalue weighted by Crippen LogP contribution is 2.41. The number of nitrogens with one attached hydrogen (secondary N) is 1. The predicted molar refractivity (Wildman–Crippen MR) is 102 cm³/mol. The van der Waals surface area contributed by atoms with Gasteiger partial charge in [-0.15, -0.1) is 5.01 Å². The van der Waals surface area contributed by atoms with Crippen LogP contribution in [0.25, 0.3) is 0 Å². The molecular formula is C20H19N3O6. The van der Waals surface area contributed by atoms with Gasteiger partial charge in [-0.2, -0.15) is 5.10 Å². The van der Waals surface area contributed by atoms with Crippen molar-refractivity contribution < 1.29 is 28.5 Å². The maximum atomic E-state index is 13.0. The van der Waals surface area contributed by atoms with Crippen LogP contribution >= 0.6 is 0 Å². The minimum atomic E-state index is -1.23. The zero-order valence-corrected chi connectivity index (χ0v) is 16.1. The lowest BCUT2D eigenvalue weighted by Crippen LogP contribution is -2.40. The second kappa shape index (κ2) is 7.01. The Labute approximate surface area is 166 Å². The van der Waals surface area contributed by atoms with Gasteiger partial charge in [0.2, 0.25) is 12.5 Å². The molecule has 2 aromatic rings. The van der Waals surface area contributed by atoms with Gasteiger partial charge in [-0.3, -0.25) is 4.79 Å². The first-order valence-electron chi connectivity index (χ1n) is 8.79. The summed E-state index contributed by atoms with van der Waals surface area (Å²) in [5.74, 6) is 1.65. The third-order valence-electron chi connectivity index (χ3n) is 4.84. The van der Waals surface area contributed by atoms with Crippen molar-refractivity contribution in [2.45, 2.75) is 12.5 Å². The van der Waals surface area contributed by atoms with E-state index in [0.717, 1.165) is 5.01 Å². The van der Waals surface area contributed by atoms with Crippen LogP contribution in [0.5, 0.6) is 23.0 Å². The summed E-state index contributed by atoms with van der Waals surface area (Å²) in [7, 11) is 3.07. The average Bonchev–Trinajstić information content (AvgIpc) is 3.29. The zero-order valence-electron chi connectivity index (χ0n) is 16.1. The Morgan fingerprint density at radius 1 is 1.14 bits per heavy atom. The number of urea groups is 1. The molecule has 1 atom stereocenters. The predicted octanol–water partition coefficient (Wildman–Crippen LogP) is 2.23. The van der Waals surface area contributed by atoms with Gasteiger partial charge in [-0.05, 0) is 36.8 Å². The van der Waals surface area contributed by atoms with Gasteiger partial charge in [0.25, 0.3) is 5.91 Å². The number of imide groups is 1. The molecule has 1 N–H and O–H groups in total.